The first kappa shape index (κ1) is 20.4. The van der Waals surface area contributed by atoms with Gasteiger partial charge in [0.1, 0.15) is 0 Å². The highest BCUT2D eigenvalue weighted by molar-refractivity contribution is 6.04. The number of hydrogen-bond acceptors (Lipinski definition) is 4. The van der Waals surface area contributed by atoms with Crippen LogP contribution >= 0.6 is 0 Å². The predicted molar refractivity (Wildman–Crippen MR) is 111 cm³/mol. The molecule has 1 aliphatic carbocycles. The Labute approximate surface area is 168 Å². The van der Waals surface area contributed by atoms with E-state index >= 15 is 0 Å². The maximum Gasteiger partial charge on any atom is 0.336 e. The summed E-state index contributed by atoms with van der Waals surface area (Å²) in [5.74, 6) is -0.560. The number of esters is 1. The Morgan fingerprint density at radius 3 is 2.57 bits per heavy atom. The fourth-order valence-electron chi connectivity index (χ4n) is 4.28. The standard InChI is InChI=1S/C24H31NO3/c1-5-6-10-13-28-23(27)20-16(2)25-18-14-24(3,4)15-19(26)22(18)21(20)17-11-8-7-9-12-17/h7-9,11-12,21,25H,5-6,10,13-15H2,1-4H3/t21-/m1/s1. The van der Waals surface area contributed by atoms with E-state index in [0.29, 0.717) is 18.6 Å². The summed E-state index contributed by atoms with van der Waals surface area (Å²) in [5.41, 5.74) is 3.92. The van der Waals surface area contributed by atoms with E-state index in [1.807, 2.05) is 37.3 Å². The number of ether oxygens (including phenoxy) is 1. The van der Waals surface area contributed by atoms with Gasteiger partial charge >= 0.3 is 5.97 Å². The zero-order valence-electron chi connectivity index (χ0n) is 17.4. The number of rotatable bonds is 6. The number of allylic oxidation sites excluding steroid dienone is 3. The molecule has 0 spiro atoms. The van der Waals surface area contributed by atoms with E-state index in [-0.39, 0.29) is 23.1 Å². The molecule has 1 aromatic carbocycles. The van der Waals surface area contributed by atoms with Gasteiger partial charge in [-0.2, -0.15) is 0 Å². The lowest BCUT2D eigenvalue weighted by Crippen LogP contribution is -2.38. The van der Waals surface area contributed by atoms with Gasteiger partial charge in [-0.25, -0.2) is 4.79 Å². The van der Waals surface area contributed by atoms with Gasteiger partial charge in [0.25, 0.3) is 0 Å². The second-order valence-electron chi connectivity index (χ2n) is 8.68. The van der Waals surface area contributed by atoms with E-state index in [4.69, 9.17) is 4.74 Å². The molecule has 0 radical (unpaired) electrons. The lowest BCUT2D eigenvalue weighted by atomic mass is 9.68. The first-order valence-corrected chi connectivity index (χ1v) is 10.3. The van der Waals surface area contributed by atoms with Crippen molar-refractivity contribution in [1.29, 1.82) is 0 Å². The Morgan fingerprint density at radius 1 is 1.18 bits per heavy atom. The highest BCUT2D eigenvalue weighted by Crippen LogP contribution is 2.46. The molecule has 0 bridgehead atoms. The third-order valence-electron chi connectivity index (χ3n) is 5.57. The summed E-state index contributed by atoms with van der Waals surface area (Å²) in [7, 11) is 0. The average Bonchev–Trinajstić information content (AvgIpc) is 2.63. The van der Waals surface area contributed by atoms with Crippen molar-refractivity contribution in [1.82, 2.24) is 5.32 Å². The zero-order chi connectivity index (χ0) is 20.3. The van der Waals surface area contributed by atoms with Crippen LogP contribution in [-0.4, -0.2) is 18.4 Å². The van der Waals surface area contributed by atoms with Crippen LogP contribution in [0.15, 0.2) is 52.9 Å². The van der Waals surface area contributed by atoms with Crippen molar-refractivity contribution >= 4 is 11.8 Å². The van der Waals surface area contributed by atoms with E-state index < -0.39 is 0 Å². The molecule has 0 fully saturated rings. The number of ketones is 1. The maximum absolute atomic E-state index is 13.1. The van der Waals surface area contributed by atoms with Crippen molar-refractivity contribution < 1.29 is 14.3 Å². The van der Waals surface area contributed by atoms with Gasteiger partial charge in [-0.3, -0.25) is 4.79 Å². The van der Waals surface area contributed by atoms with Crippen LogP contribution in [0.3, 0.4) is 0 Å². The van der Waals surface area contributed by atoms with Crippen LogP contribution in [0.1, 0.15) is 71.3 Å². The summed E-state index contributed by atoms with van der Waals surface area (Å²) in [4.78, 5) is 26.1. The van der Waals surface area contributed by atoms with E-state index in [1.165, 1.54) is 0 Å². The van der Waals surface area contributed by atoms with E-state index in [0.717, 1.165) is 48.2 Å². The summed E-state index contributed by atoms with van der Waals surface area (Å²) >= 11 is 0. The summed E-state index contributed by atoms with van der Waals surface area (Å²) in [6.45, 7) is 8.68. The van der Waals surface area contributed by atoms with Crippen LogP contribution in [-0.2, 0) is 14.3 Å². The molecule has 28 heavy (non-hydrogen) atoms. The summed E-state index contributed by atoms with van der Waals surface area (Å²) < 4.78 is 5.59. The number of dihydropyridines is 1. The molecule has 0 aromatic heterocycles. The van der Waals surface area contributed by atoms with E-state index in [1.54, 1.807) is 0 Å². The Morgan fingerprint density at radius 2 is 1.89 bits per heavy atom. The molecular formula is C24H31NO3. The van der Waals surface area contributed by atoms with Gasteiger partial charge in [0.05, 0.1) is 12.2 Å². The van der Waals surface area contributed by atoms with Crippen LogP contribution < -0.4 is 5.32 Å². The highest BCUT2D eigenvalue weighted by atomic mass is 16.5. The van der Waals surface area contributed by atoms with Crippen LogP contribution in [0.25, 0.3) is 0 Å². The highest BCUT2D eigenvalue weighted by Gasteiger charge is 2.43. The molecule has 0 amide bonds. The first-order valence-electron chi connectivity index (χ1n) is 10.3. The van der Waals surface area contributed by atoms with E-state index in [2.05, 4.69) is 26.1 Å². The molecule has 0 saturated carbocycles. The molecule has 4 heteroatoms. The zero-order valence-corrected chi connectivity index (χ0v) is 17.4. The number of unbranched alkanes of at least 4 members (excludes halogenated alkanes) is 2. The van der Waals surface area contributed by atoms with Crippen molar-refractivity contribution in [2.75, 3.05) is 6.61 Å². The van der Waals surface area contributed by atoms with Crippen LogP contribution in [0.4, 0.5) is 0 Å². The summed E-state index contributed by atoms with van der Waals surface area (Å²) in [6, 6.07) is 9.84. The van der Waals surface area contributed by atoms with Crippen LogP contribution in [0, 0.1) is 5.41 Å². The van der Waals surface area contributed by atoms with Crippen molar-refractivity contribution in [2.24, 2.45) is 5.41 Å². The number of carbonyl (C=O) groups excluding carboxylic acids is 2. The van der Waals surface area contributed by atoms with Gasteiger partial charge in [0, 0.05) is 29.3 Å². The summed E-state index contributed by atoms with van der Waals surface area (Å²) in [5, 5.41) is 3.37. The molecular weight excluding hydrogens is 350 g/mol. The van der Waals surface area contributed by atoms with Gasteiger partial charge < -0.3 is 10.1 Å². The second-order valence-corrected chi connectivity index (χ2v) is 8.68. The minimum atomic E-state index is -0.361. The van der Waals surface area contributed by atoms with Crippen LogP contribution in [0.2, 0.25) is 0 Å². The minimum absolute atomic E-state index is 0.0808. The predicted octanol–water partition coefficient (Wildman–Crippen LogP) is 5.02. The molecule has 4 nitrogen and oxygen atoms in total. The maximum atomic E-state index is 13.1. The first-order chi connectivity index (χ1) is 13.3. The molecule has 1 aliphatic heterocycles. The number of hydrogen-bond donors (Lipinski definition) is 1. The molecule has 0 saturated heterocycles. The van der Waals surface area contributed by atoms with Gasteiger partial charge in [-0.15, -0.1) is 0 Å². The van der Waals surface area contributed by atoms with Crippen molar-refractivity contribution in [3.63, 3.8) is 0 Å². The Kier molecular flexibility index (Phi) is 6.07. The molecule has 150 valence electrons. The molecule has 1 N–H and O–H groups in total. The monoisotopic (exact) mass is 381 g/mol. The largest absolute Gasteiger partial charge is 0.462 e. The van der Waals surface area contributed by atoms with Crippen LogP contribution in [0.5, 0.6) is 0 Å². The van der Waals surface area contributed by atoms with Gasteiger partial charge in [0.2, 0.25) is 0 Å². The SMILES string of the molecule is CCCCCOC(=O)C1=C(C)NC2=C(C(=O)CC(C)(C)C2)[C@@H]1c1ccccc1. The van der Waals surface area contributed by atoms with Gasteiger partial charge in [-0.1, -0.05) is 63.9 Å². The number of carbonyl (C=O) groups is 2. The van der Waals surface area contributed by atoms with E-state index in [9.17, 15) is 9.59 Å². The minimum Gasteiger partial charge on any atom is -0.462 e. The van der Waals surface area contributed by atoms with Gasteiger partial charge in [0.15, 0.2) is 5.78 Å². The third-order valence-corrected chi connectivity index (χ3v) is 5.57. The fourth-order valence-corrected chi connectivity index (χ4v) is 4.28. The molecule has 1 heterocycles. The number of Topliss-reactive ketones (excluding diaryl/α,β-unsaturated/α-hetero) is 1. The Hall–Kier alpha value is -2.36. The summed E-state index contributed by atoms with van der Waals surface area (Å²) in [6.07, 6.45) is 4.27. The lowest BCUT2D eigenvalue weighted by Gasteiger charge is -2.39. The molecule has 0 unspecified atom stereocenters. The Balaban J connectivity index is 1.99. The smallest absolute Gasteiger partial charge is 0.336 e. The van der Waals surface area contributed by atoms with Crippen molar-refractivity contribution in [3.8, 4) is 0 Å². The topological polar surface area (TPSA) is 55.4 Å². The van der Waals surface area contributed by atoms with Crippen molar-refractivity contribution in [2.45, 2.75) is 65.7 Å². The quantitative estimate of drug-likeness (QED) is 0.555. The normalized spacial score (nSPS) is 21.3. The number of nitrogens with one attached hydrogen (secondary N) is 1. The second kappa shape index (κ2) is 8.34. The molecule has 3 rings (SSSR count). The molecule has 2 aliphatic rings. The van der Waals surface area contributed by atoms with Crippen molar-refractivity contribution in [3.05, 3.63) is 58.4 Å². The van der Waals surface area contributed by atoms with Gasteiger partial charge in [-0.05, 0) is 30.7 Å². The number of benzene rings is 1. The average molecular weight is 382 g/mol. The molecule has 1 atom stereocenters. The molecule has 1 aromatic rings. The third kappa shape index (κ3) is 4.21. The lowest BCUT2D eigenvalue weighted by molar-refractivity contribution is -0.139. The Bertz CT molecular complexity index is 818. The fraction of sp³-hybridized carbons (Fsp3) is 0.500.